The van der Waals surface area contributed by atoms with Crippen LogP contribution < -0.4 is 0 Å². The van der Waals surface area contributed by atoms with Gasteiger partial charge in [0.05, 0.1) is 19.3 Å². The summed E-state index contributed by atoms with van der Waals surface area (Å²) < 4.78 is 6.47. The van der Waals surface area contributed by atoms with Gasteiger partial charge < -0.3 is 9.64 Å². The Labute approximate surface area is 116 Å². The molecule has 3 nitrogen and oxygen atoms in total. The number of carbonyl (C=O) groups is 1. The number of amides is 1. The Morgan fingerprint density at radius 2 is 2.33 bits per heavy atom. The molecule has 1 heterocycles. The molecule has 18 heavy (non-hydrogen) atoms. The van der Waals surface area contributed by atoms with Crippen molar-refractivity contribution >= 4 is 21.8 Å². The molecule has 0 N–H and O–H groups in total. The Bertz CT molecular complexity index is 447. The van der Waals surface area contributed by atoms with Crippen LogP contribution in [-0.2, 0) is 4.74 Å². The fourth-order valence-corrected chi connectivity index (χ4v) is 2.45. The summed E-state index contributed by atoms with van der Waals surface area (Å²) in [6, 6.07) is 5.95. The summed E-state index contributed by atoms with van der Waals surface area (Å²) in [5.74, 6) is 0.112. The minimum atomic E-state index is 0.112. The zero-order valence-electron chi connectivity index (χ0n) is 10.8. The number of morpholine rings is 1. The molecule has 0 saturated carbocycles. The maximum absolute atomic E-state index is 12.5. The van der Waals surface area contributed by atoms with Crippen molar-refractivity contribution in [2.24, 2.45) is 0 Å². The number of hydrogen-bond donors (Lipinski definition) is 0. The van der Waals surface area contributed by atoms with Gasteiger partial charge in [-0.15, -0.1) is 0 Å². The summed E-state index contributed by atoms with van der Waals surface area (Å²) in [6.45, 7) is 6.06. The molecule has 1 fully saturated rings. The molecule has 0 aromatic heterocycles. The van der Waals surface area contributed by atoms with E-state index in [0.29, 0.717) is 19.8 Å². The van der Waals surface area contributed by atoms with Crippen LogP contribution in [0.2, 0.25) is 0 Å². The van der Waals surface area contributed by atoms with Gasteiger partial charge in [-0.1, -0.05) is 22.9 Å². The molecule has 0 aliphatic carbocycles. The Morgan fingerprint density at radius 1 is 1.56 bits per heavy atom. The number of hydrogen-bond acceptors (Lipinski definition) is 2. The summed E-state index contributed by atoms with van der Waals surface area (Å²) in [6.07, 6.45) is 0.932. The van der Waals surface area contributed by atoms with E-state index in [4.69, 9.17) is 4.74 Å². The van der Waals surface area contributed by atoms with E-state index in [1.54, 1.807) is 0 Å². The van der Waals surface area contributed by atoms with Crippen molar-refractivity contribution < 1.29 is 9.53 Å². The van der Waals surface area contributed by atoms with Crippen molar-refractivity contribution in [2.45, 2.75) is 26.3 Å². The molecule has 1 amide bonds. The Hall–Kier alpha value is -0.870. The summed E-state index contributed by atoms with van der Waals surface area (Å²) in [5, 5.41) is 0. The van der Waals surface area contributed by atoms with E-state index in [2.05, 4.69) is 22.9 Å². The minimum Gasteiger partial charge on any atom is -0.377 e. The van der Waals surface area contributed by atoms with Crippen LogP contribution >= 0.6 is 15.9 Å². The average Bonchev–Trinajstić information content (AvgIpc) is 2.41. The number of rotatable bonds is 2. The van der Waals surface area contributed by atoms with Gasteiger partial charge in [0.25, 0.3) is 5.91 Å². The van der Waals surface area contributed by atoms with Crippen molar-refractivity contribution in [1.29, 1.82) is 0 Å². The first-order valence-electron chi connectivity index (χ1n) is 6.28. The normalized spacial score (nSPS) is 19.9. The third kappa shape index (κ3) is 2.75. The maximum Gasteiger partial charge on any atom is 0.254 e. The average molecular weight is 312 g/mol. The number of carbonyl (C=O) groups excluding carboxylic acids is 1. The van der Waals surface area contributed by atoms with Gasteiger partial charge in [0.15, 0.2) is 0 Å². The molecule has 4 heteroatoms. The van der Waals surface area contributed by atoms with Crippen LogP contribution in [0.5, 0.6) is 0 Å². The highest BCUT2D eigenvalue weighted by Crippen LogP contribution is 2.20. The predicted octanol–water partition coefficient (Wildman–Crippen LogP) is 3.01. The van der Waals surface area contributed by atoms with Gasteiger partial charge in [-0.25, -0.2) is 0 Å². The molecule has 1 saturated heterocycles. The van der Waals surface area contributed by atoms with Crippen LogP contribution in [0.1, 0.15) is 29.3 Å². The van der Waals surface area contributed by atoms with E-state index >= 15 is 0 Å². The lowest BCUT2D eigenvalue weighted by Crippen LogP contribution is -2.48. The van der Waals surface area contributed by atoms with Gasteiger partial charge in [-0.2, -0.15) is 0 Å². The Balaban J connectivity index is 2.21. The summed E-state index contributed by atoms with van der Waals surface area (Å²) >= 11 is 3.46. The van der Waals surface area contributed by atoms with Gasteiger partial charge in [-0.3, -0.25) is 4.79 Å². The van der Waals surface area contributed by atoms with E-state index < -0.39 is 0 Å². The van der Waals surface area contributed by atoms with Crippen LogP contribution in [0.4, 0.5) is 0 Å². The lowest BCUT2D eigenvalue weighted by molar-refractivity contribution is -0.00280. The monoisotopic (exact) mass is 311 g/mol. The van der Waals surface area contributed by atoms with E-state index in [1.807, 2.05) is 30.0 Å². The zero-order chi connectivity index (χ0) is 13.1. The molecule has 98 valence electrons. The first-order valence-corrected chi connectivity index (χ1v) is 7.07. The van der Waals surface area contributed by atoms with E-state index in [1.165, 1.54) is 0 Å². The topological polar surface area (TPSA) is 29.5 Å². The fraction of sp³-hybridized carbons (Fsp3) is 0.500. The lowest BCUT2D eigenvalue weighted by Gasteiger charge is -2.35. The molecule has 1 aromatic carbocycles. The highest BCUT2D eigenvalue weighted by molar-refractivity contribution is 9.10. The smallest absolute Gasteiger partial charge is 0.254 e. The number of nitrogens with zero attached hydrogens (tertiary/aromatic N) is 1. The SMILES string of the molecule is CCC1COCCN1C(=O)c1ccc(Br)c(C)c1. The first-order chi connectivity index (χ1) is 8.63. The van der Waals surface area contributed by atoms with Crippen molar-refractivity contribution in [3.05, 3.63) is 33.8 Å². The van der Waals surface area contributed by atoms with Crippen LogP contribution in [0.15, 0.2) is 22.7 Å². The predicted molar refractivity (Wildman–Crippen MR) is 74.8 cm³/mol. The number of aryl methyl sites for hydroxylation is 1. The Kier molecular flexibility index (Phi) is 4.40. The summed E-state index contributed by atoms with van der Waals surface area (Å²) in [4.78, 5) is 14.4. The van der Waals surface area contributed by atoms with E-state index in [-0.39, 0.29) is 11.9 Å². The lowest BCUT2D eigenvalue weighted by atomic mass is 10.1. The highest BCUT2D eigenvalue weighted by atomic mass is 79.9. The molecule has 1 atom stereocenters. The van der Waals surface area contributed by atoms with Crippen molar-refractivity contribution in [2.75, 3.05) is 19.8 Å². The quantitative estimate of drug-likeness (QED) is 0.840. The highest BCUT2D eigenvalue weighted by Gasteiger charge is 2.26. The second kappa shape index (κ2) is 5.85. The van der Waals surface area contributed by atoms with Crippen molar-refractivity contribution in [3.63, 3.8) is 0 Å². The Morgan fingerprint density at radius 3 is 3.00 bits per heavy atom. The second-order valence-corrected chi connectivity index (χ2v) is 5.45. The van der Waals surface area contributed by atoms with Crippen LogP contribution in [0.3, 0.4) is 0 Å². The fourth-order valence-electron chi connectivity index (χ4n) is 2.20. The third-order valence-electron chi connectivity index (χ3n) is 3.36. The van der Waals surface area contributed by atoms with Crippen LogP contribution in [0, 0.1) is 6.92 Å². The summed E-state index contributed by atoms with van der Waals surface area (Å²) in [5.41, 5.74) is 1.85. The number of halogens is 1. The van der Waals surface area contributed by atoms with Crippen molar-refractivity contribution in [3.8, 4) is 0 Å². The molecule has 0 bridgehead atoms. The van der Waals surface area contributed by atoms with Crippen LogP contribution in [-0.4, -0.2) is 36.6 Å². The largest absolute Gasteiger partial charge is 0.377 e. The van der Waals surface area contributed by atoms with Gasteiger partial charge in [0.2, 0.25) is 0 Å². The van der Waals surface area contributed by atoms with Gasteiger partial charge in [0, 0.05) is 16.6 Å². The number of ether oxygens (including phenoxy) is 1. The van der Waals surface area contributed by atoms with Gasteiger partial charge in [-0.05, 0) is 37.1 Å². The minimum absolute atomic E-state index is 0.112. The van der Waals surface area contributed by atoms with E-state index in [9.17, 15) is 4.79 Å². The molecular formula is C14H18BrNO2. The molecule has 1 aromatic rings. The molecule has 0 spiro atoms. The first kappa shape index (κ1) is 13.6. The molecule has 1 aliphatic heterocycles. The maximum atomic E-state index is 12.5. The third-order valence-corrected chi connectivity index (χ3v) is 4.25. The molecular weight excluding hydrogens is 294 g/mol. The van der Waals surface area contributed by atoms with Gasteiger partial charge >= 0.3 is 0 Å². The van der Waals surface area contributed by atoms with E-state index in [0.717, 1.165) is 22.0 Å². The number of benzene rings is 1. The van der Waals surface area contributed by atoms with Crippen LogP contribution in [0.25, 0.3) is 0 Å². The molecule has 1 unspecified atom stereocenters. The molecule has 0 radical (unpaired) electrons. The van der Waals surface area contributed by atoms with Crippen molar-refractivity contribution in [1.82, 2.24) is 4.90 Å². The molecule has 2 rings (SSSR count). The zero-order valence-corrected chi connectivity index (χ0v) is 12.4. The second-order valence-electron chi connectivity index (χ2n) is 4.60. The summed E-state index contributed by atoms with van der Waals surface area (Å²) in [7, 11) is 0. The van der Waals surface area contributed by atoms with Gasteiger partial charge in [0.1, 0.15) is 0 Å². The standard InChI is InChI=1S/C14H18BrNO2/c1-3-12-9-18-7-6-16(12)14(17)11-4-5-13(15)10(2)8-11/h4-5,8,12H,3,6-7,9H2,1-2H3. The molecule has 1 aliphatic rings.